The minimum absolute atomic E-state index is 0.490. The van der Waals surface area contributed by atoms with Crippen molar-refractivity contribution < 1.29 is 4.79 Å². The van der Waals surface area contributed by atoms with Gasteiger partial charge in [-0.1, -0.05) is 18.2 Å². The van der Waals surface area contributed by atoms with Crippen molar-refractivity contribution in [1.29, 1.82) is 0 Å². The van der Waals surface area contributed by atoms with Gasteiger partial charge in [0.2, 0.25) is 0 Å². The van der Waals surface area contributed by atoms with E-state index in [0.717, 1.165) is 43.9 Å². The molecule has 5 rings (SSSR count). The topological polar surface area (TPSA) is 36.1 Å². The third kappa shape index (κ3) is 2.17. The van der Waals surface area contributed by atoms with Crippen LogP contribution >= 0.6 is 0 Å². The average molecular weight is 308 g/mol. The smallest absolute Gasteiger partial charge is 0.132 e. The standard InChI is InChI=1S/C20H24N2O/c23-15-7-5-13-11-19-20-17(16-3-1-2-4-18(16)21-20)9-10-22(19)12-14(13)6-8-15/h1-4,13-14,19,21H,5-12H2/t13-,14-,19-/m0/s1. The SMILES string of the molecule is O=C1CC[C@H]2C[C@H]3c4[nH]c5ccccc5c4CCN3C[C@@H]2CC1. The fraction of sp³-hybridized carbons (Fsp3) is 0.550. The summed E-state index contributed by atoms with van der Waals surface area (Å²) in [4.78, 5) is 18.3. The van der Waals surface area contributed by atoms with Crippen LogP contribution in [0.3, 0.4) is 0 Å². The lowest BCUT2D eigenvalue weighted by Crippen LogP contribution is -2.45. The number of H-pyrrole nitrogens is 1. The van der Waals surface area contributed by atoms with Gasteiger partial charge in [0.05, 0.1) is 6.04 Å². The van der Waals surface area contributed by atoms with Crippen LogP contribution < -0.4 is 0 Å². The summed E-state index contributed by atoms with van der Waals surface area (Å²) in [5.74, 6) is 1.97. The van der Waals surface area contributed by atoms with Gasteiger partial charge >= 0.3 is 0 Å². The van der Waals surface area contributed by atoms with Gasteiger partial charge in [-0.25, -0.2) is 0 Å². The quantitative estimate of drug-likeness (QED) is 0.802. The van der Waals surface area contributed by atoms with Crippen molar-refractivity contribution in [1.82, 2.24) is 9.88 Å². The van der Waals surface area contributed by atoms with Gasteiger partial charge < -0.3 is 4.98 Å². The van der Waals surface area contributed by atoms with Crippen molar-refractivity contribution in [2.75, 3.05) is 13.1 Å². The second-order valence-corrected chi connectivity index (χ2v) is 7.70. The highest BCUT2D eigenvalue weighted by Crippen LogP contribution is 2.45. The van der Waals surface area contributed by atoms with E-state index in [0.29, 0.717) is 11.8 Å². The molecular formula is C20H24N2O. The Bertz CT molecular complexity index is 762. The monoisotopic (exact) mass is 308 g/mol. The van der Waals surface area contributed by atoms with Gasteiger partial charge in [-0.2, -0.15) is 0 Å². The molecule has 120 valence electrons. The van der Waals surface area contributed by atoms with E-state index in [4.69, 9.17) is 0 Å². The molecule has 1 aromatic carbocycles. The first-order chi connectivity index (χ1) is 11.3. The number of piperidine rings is 1. The highest BCUT2D eigenvalue weighted by Gasteiger charge is 2.40. The van der Waals surface area contributed by atoms with E-state index < -0.39 is 0 Å². The molecule has 1 N–H and O–H groups in total. The van der Waals surface area contributed by atoms with Gasteiger partial charge in [0.1, 0.15) is 5.78 Å². The third-order valence-corrected chi connectivity index (χ3v) is 6.52. The summed E-state index contributed by atoms with van der Waals surface area (Å²) < 4.78 is 0. The summed E-state index contributed by atoms with van der Waals surface area (Å²) in [6.45, 7) is 2.37. The molecular weight excluding hydrogens is 284 g/mol. The van der Waals surface area contributed by atoms with Crippen LogP contribution in [-0.4, -0.2) is 28.8 Å². The Morgan fingerprint density at radius 3 is 2.78 bits per heavy atom. The van der Waals surface area contributed by atoms with Crippen molar-refractivity contribution in [2.45, 2.75) is 44.6 Å². The van der Waals surface area contributed by atoms with Crippen LogP contribution in [0, 0.1) is 11.8 Å². The summed E-state index contributed by atoms with van der Waals surface area (Å²) in [6.07, 6.45) is 6.25. The second-order valence-electron chi connectivity index (χ2n) is 7.70. The first kappa shape index (κ1) is 13.8. The molecule has 1 saturated carbocycles. The number of carbonyl (C=O) groups excluding carboxylic acids is 1. The van der Waals surface area contributed by atoms with E-state index in [1.54, 1.807) is 5.56 Å². The first-order valence-electron chi connectivity index (χ1n) is 9.15. The molecule has 0 bridgehead atoms. The Morgan fingerprint density at radius 1 is 1.04 bits per heavy atom. The zero-order valence-electron chi connectivity index (χ0n) is 13.6. The third-order valence-electron chi connectivity index (χ3n) is 6.52. The van der Waals surface area contributed by atoms with Crippen molar-refractivity contribution >= 4 is 16.7 Å². The Labute approximate surface area is 137 Å². The maximum Gasteiger partial charge on any atom is 0.132 e. The summed E-state index contributed by atoms with van der Waals surface area (Å²) in [5.41, 5.74) is 4.30. The number of carbonyl (C=O) groups is 1. The number of aromatic nitrogens is 1. The molecule has 2 fully saturated rings. The predicted octanol–water partition coefficient (Wildman–Crippen LogP) is 3.85. The van der Waals surface area contributed by atoms with Gasteiger partial charge in [0.15, 0.2) is 0 Å². The fourth-order valence-corrected chi connectivity index (χ4v) is 5.28. The average Bonchev–Trinajstić information content (AvgIpc) is 2.87. The number of benzene rings is 1. The van der Waals surface area contributed by atoms with E-state index in [1.807, 2.05) is 0 Å². The lowest BCUT2D eigenvalue weighted by Gasteiger charge is -2.46. The molecule has 3 atom stereocenters. The zero-order valence-corrected chi connectivity index (χ0v) is 13.6. The van der Waals surface area contributed by atoms with Gasteiger partial charge in [0, 0.05) is 42.5 Å². The Balaban J connectivity index is 1.51. The summed E-state index contributed by atoms with van der Waals surface area (Å²) >= 11 is 0. The van der Waals surface area contributed by atoms with E-state index in [9.17, 15) is 4.79 Å². The molecule has 0 amide bonds. The molecule has 1 aliphatic carbocycles. The Morgan fingerprint density at radius 2 is 1.87 bits per heavy atom. The van der Waals surface area contributed by atoms with E-state index in [-0.39, 0.29) is 0 Å². The maximum absolute atomic E-state index is 11.8. The van der Waals surface area contributed by atoms with Gasteiger partial charge in [0.25, 0.3) is 0 Å². The normalized spacial score (nSPS) is 31.3. The summed E-state index contributed by atoms with van der Waals surface area (Å²) in [6, 6.07) is 9.28. The van der Waals surface area contributed by atoms with Gasteiger partial charge in [-0.05, 0) is 49.1 Å². The summed E-state index contributed by atoms with van der Waals surface area (Å²) in [5, 5.41) is 1.42. The van der Waals surface area contributed by atoms with Crippen molar-refractivity contribution in [3.63, 3.8) is 0 Å². The van der Waals surface area contributed by atoms with E-state index >= 15 is 0 Å². The van der Waals surface area contributed by atoms with Gasteiger partial charge in [-0.15, -0.1) is 0 Å². The second kappa shape index (κ2) is 5.20. The predicted molar refractivity (Wildman–Crippen MR) is 91.4 cm³/mol. The molecule has 2 aliphatic heterocycles. The molecule has 2 aromatic rings. The van der Waals surface area contributed by atoms with Crippen molar-refractivity contribution in [3.05, 3.63) is 35.5 Å². The molecule has 3 heterocycles. The highest BCUT2D eigenvalue weighted by molar-refractivity contribution is 5.85. The number of nitrogens with zero attached hydrogens (tertiary/aromatic N) is 1. The number of para-hydroxylation sites is 1. The van der Waals surface area contributed by atoms with Gasteiger partial charge in [-0.3, -0.25) is 9.69 Å². The molecule has 23 heavy (non-hydrogen) atoms. The number of fused-ring (bicyclic) bond motifs is 6. The van der Waals surface area contributed by atoms with Crippen LogP contribution in [0.1, 0.15) is 49.4 Å². The van der Waals surface area contributed by atoms with Crippen LogP contribution in [0.25, 0.3) is 10.9 Å². The number of nitrogens with one attached hydrogen (secondary N) is 1. The minimum Gasteiger partial charge on any atom is -0.357 e. The molecule has 1 aromatic heterocycles. The zero-order chi connectivity index (χ0) is 15.4. The molecule has 3 heteroatoms. The van der Waals surface area contributed by atoms with Crippen molar-refractivity contribution in [3.8, 4) is 0 Å². The number of rotatable bonds is 0. The van der Waals surface area contributed by atoms with Crippen LogP contribution in [0.5, 0.6) is 0 Å². The highest BCUT2D eigenvalue weighted by atomic mass is 16.1. The van der Waals surface area contributed by atoms with Crippen LogP contribution in [-0.2, 0) is 11.2 Å². The molecule has 3 nitrogen and oxygen atoms in total. The van der Waals surface area contributed by atoms with Crippen LogP contribution in [0.4, 0.5) is 0 Å². The van der Waals surface area contributed by atoms with Crippen LogP contribution in [0.2, 0.25) is 0 Å². The number of ketones is 1. The van der Waals surface area contributed by atoms with E-state index in [1.165, 1.54) is 36.1 Å². The minimum atomic E-state index is 0.490. The molecule has 0 radical (unpaired) electrons. The maximum atomic E-state index is 11.8. The van der Waals surface area contributed by atoms with E-state index in [2.05, 4.69) is 34.1 Å². The summed E-state index contributed by atoms with van der Waals surface area (Å²) in [7, 11) is 0. The molecule has 0 spiro atoms. The molecule has 0 unspecified atom stereocenters. The lowest BCUT2D eigenvalue weighted by molar-refractivity contribution is -0.119. The largest absolute Gasteiger partial charge is 0.357 e. The Kier molecular flexibility index (Phi) is 3.12. The fourth-order valence-electron chi connectivity index (χ4n) is 5.28. The first-order valence-corrected chi connectivity index (χ1v) is 9.15. The Hall–Kier alpha value is -1.61. The molecule has 3 aliphatic rings. The number of hydrogen-bond donors (Lipinski definition) is 1. The number of Topliss-reactive ketones (excluding diaryl/α,β-unsaturated/α-hetero) is 1. The number of hydrogen-bond acceptors (Lipinski definition) is 2. The van der Waals surface area contributed by atoms with Crippen molar-refractivity contribution in [2.24, 2.45) is 11.8 Å². The molecule has 1 saturated heterocycles. The van der Waals surface area contributed by atoms with Crippen LogP contribution in [0.15, 0.2) is 24.3 Å². The lowest BCUT2D eigenvalue weighted by atomic mass is 9.76. The number of aromatic amines is 1.